The van der Waals surface area contributed by atoms with Crippen molar-refractivity contribution in [1.29, 1.82) is 0 Å². The number of benzene rings is 3. The molecule has 4 rings (SSSR count). The average Bonchev–Trinajstić information content (AvgIpc) is 3.23. The van der Waals surface area contributed by atoms with Crippen LogP contribution in [0.2, 0.25) is 0 Å². The number of amides is 1. The van der Waals surface area contributed by atoms with E-state index in [1.165, 1.54) is 11.3 Å². The summed E-state index contributed by atoms with van der Waals surface area (Å²) in [5.74, 6) is -0.326. The van der Waals surface area contributed by atoms with Gasteiger partial charge in [0.15, 0.2) is 10.9 Å². The van der Waals surface area contributed by atoms with Gasteiger partial charge in [-0.2, -0.15) is 0 Å². The van der Waals surface area contributed by atoms with Crippen LogP contribution in [0.15, 0.2) is 90.3 Å². The number of hydrogen-bond acceptors (Lipinski definition) is 4. The van der Waals surface area contributed by atoms with Gasteiger partial charge in [-0.25, -0.2) is 4.98 Å². The average molecular weight is 384 g/mol. The smallest absolute Gasteiger partial charge is 0.257 e. The fourth-order valence-corrected chi connectivity index (χ4v) is 3.49. The molecule has 1 amide bonds. The number of thiazole rings is 1. The van der Waals surface area contributed by atoms with E-state index in [1.807, 2.05) is 53.9 Å². The molecule has 0 bridgehead atoms. The summed E-state index contributed by atoms with van der Waals surface area (Å²) in [7, 11) is 0. The number of carbonyl (C=O) groups excluding carboxylic acids is 2. The van der Waals surface area contributed by atoms with Crippen molar-refractivity contribution in [3.05, 3.63) is 107 Å². The van der Waals surface area contributed by atoms with E-state index in [1.54, 1.807) is 36.4 Å². The molecule has 0 spiro atoms. The molecule has 28 heavy (non-hydrogen) atoms. The third-order valence-electron chi connectivity index (χ3n) is 4.24. The molecule has 0 atom stereocenters. The summed E-state index contributed by atoms with van der Waals surface area (Å²) in [5.41, 5.74) is 3.47. The molecule has 0 aliphatic rings. The second kappa shape index (κ2) is 7.98. The first-order valence-electron chi connectivity index (χ1n) is 8.73. The van der Waals surface area contributed by atoms with E-state index in [9.17, 15) is 9.59 Å². The molecule has 4 nitrogen and oxygen atoms in total. The van der Waals surface area contributed by atoms with Crippen LogP contribution in [0.4, 0.5) is 5.13 Å². The van der Waals surface area contributed by atoms with E-state index in [0.29, 0.717) is 21.8 Å². The van der Waals surface area contributed by atoms with Crippen LogP contribution in [0, 0.1) is 0 Å². The Kier molecular flexibility index (Phi) is 5.08. The van der Waals surface area contributed by atoms with Gasteiger partial charge in [0.25, 0.3) is 5.91 Å². The van der Waals surface area contributed by atoms with Gasteiger partial charge in [-0.1, -0.05) is 72.8 Å². The third kappa shape index (κ3) is 3.89. The fraction of sp³-hybridized carbons (Fsp3) is 0. The molecule has 0 aliphatic heterocycles. The van der Waals surface area contributed by atoms with Crippen molar-refractivity contribution in [2.24, 2.45) is 0 Å². The second-order valence-corrected chi connectivity index (χ2v) is 6.99. The SMILES string of the molecule is O=C(Nc1nc(-c2ccccc2)cs1)c1ccc(C(=O)c2ccccc2)cc1. The number of ketones is 1. The molecule has 0 saturated carbocycles. The van der Waals surface area contributed by atoms with E-state index in [2.05, 4.69) is 10.3 Å². The molecule has 0 radical (unpaired) electrons. The standard InChI is InChI=1S/C23H16N2O2S/c26-21(17-9-5-2-6-10-17)18-11-13-19(14-12-18)22(27)25-23-24-20(15-28-23)16-7-3-1-4-8-16/h1-15H,(H,24,25,27). The lowest BCUT2D eigenvalue weighted by Gasteiger charge is -2.04. The first-order valence-corrected chi connectivity index (χ1v) is 9.61. The van der Waals surface area contributed by atoms with Gasteiger partial charge in [0, 0.05) is 27.6 Å². The lowest BCUT2D eigenvalue weighted by molar-refractivity contribution is 0.102. The van der Waals surface area contributed by atoms with Crippen LogP contribution in [0.5, 0.6) is 0 Å². The van der Waals surface area contributed by atoms with Crippen LogP contribution in [-0.2, 0) is 0 Å². The summed E-state index contributed by atoms with van der Waals surface area (Å²) in [6.45, 7) is 0. The zero-order valence-corrected chi connectivity index (χ0v) is 15.6. The number of carbonyl (C=O) groups is 2. The lowest BCUT2D eigenvalue weighted by Crippen LogP contribution is -2.12. The fourth-order valence-electron chi connectivity index (χ4n) is 2.77. The third-order valence-corrected chi connectivity index (χ3v) is 5.00. The molecular formula is C23H16N2O2S. The zero-order chi connectivity index (χ0) is 19.3. The minimum atomic E-state index is -0.257. The summed E-state index contributed by atoms with van der Waals surface area (Å²) in [6.07, 6.45) is 0. The van der Waals surface area contributed by atoms with Gasteiger partial charge < -0.3 is 0 Å². The molecule has 1 N–H and O–H groups in total. The Morgan fingerprint density at radius 3 is 1.96 bits per heavy atom. The molecule has 136 valence electrons. The second-order valence-electron chi connectivity index (χ2n) is 6.13. The molecule has 0 aliphatic carbocycles. The van der Waals surface area contributed by atoms with Crippen LogP contribution < -0.4 is 5.32 Å². The molecule has 1 aromatic heterocycles. The monoisotopic (exact) mass is 384 g/mol. The van der Waals surface area contributed by atoms with Crippen molar-refractivity contribution in [1.82, 2.24) is 4.98 Å². The molecule has 0 unspecified atom stereocenters. The summed E-state index contributed by atoms with van der Waals surface area (Å²) < 4.78 is 0. The molecule has 0 saturated heterocycles. The Morgan fingerprint density at radius 1 is 0.714 bits per heavy atom. The van der Waals surface area contributed by atoms with Crippen LogP contribution in [-0.4, -0.2) is 16.7 Å². The van der Waals surface area contributed by atoms with E-state index in [-0.39, 0.29) is 11.7 Å². The predicted molar refractivity (Wildman–Crippen MR) is 112 cm³/mol. The van der Waals surface area contributed by atoms with Crippen LogP contribution in [0.3, 0.4) is 0 Å². The Labute approximate surface area is 166 Å². The number of nitrogens with one attached hydrogen (secondary N) is 1. The lowest BCUT2D eigenvalue weighted by atomic mass is 10.0. The minimum absolute atomic E-state index is 0.0695. The summed E-state index contributed by atoms with van der Waals surface area (Å²) in [6, 6.07) is 25.5. The molecule has 3 aromatic carbocycles. The van der Waals surface area contributed by atoms with Gasteiger partial charge in [0.2, 0.25) is 0 Å². The number of anilines is 1. The molecule has 1 heterocycles. The van der Waals surface area contributed by atoms with E-state index in [0.717, 1.165) is 11.3 Å². The van der Waals surface area contributed by atoms with E-state index in [4.69, 9.17) is 0 Å². The quantitative estimate of drug-likeness (QED) is 0.475. The van der Waals surface area contributed by atoms with Gasteiger partial charge in [0.1, 0.15) is 0 Å². The topological polar surface area (TPSA) is 59.1 Å². The van der Waals surface area contributed by atoms with Crippen LogP contribution in [0.1, 0.15) is 26.3 Å². The normalized spacial score (nSPS) is 10.4. The maximum atomic E-state index is 12.5. The first kappa shape index (κ1) is 17.8. The Hall–Kier alpha value is -3.57. The Balaban J connectivity index is 1.46. The van der Waals surface area contributed by atoms with Gasteiger partial charge in [-0.15, -0.1) is 11.3 Å². The van der Waals surface area contributed by atoms with Gasteiger partial charge in [-0.3, -0.25) is 14.9 Å². The summed E-state index contributed by atoms with van der Waals surface area (Å²) >= 11 is 1.38. The van der Waals surface area contributed by atoms with Crippen molar-refractivity contribution < 1.29 is 9.59 Å². The highest BCUT2D eigenvalue weighted by Crippen LogP contribution is 2.25. The van der Waals surface area contributed by atoms with Crippen molar-refractivity contribution in [3.8, 4) is 11.3 Å². The Morgan fingerprint density at radius 2 is 1.29 bits per heavy atom. The van der Waals surface area contributed by atoms with Crippen LogP contribution in [0.25, 0.3) is 11.3 Å². The highest BCUT2D eigenvalue weighted by Gasteiger charge is 2.12. The van der Waals surface area contributed by atoms with Crippen molar-refractivity contribution in [3.63, 3.8) is 0 Å². The van der Waals surface area contributed by atoms with Crippen molar-refractivity contribution in [2.75, 3.05) is 5.32 Å². The maximum absolute atomic E-state index is 12.5. The highest BCUT2D eigenvalue weighted by molar-refractivity contribution is 7.14. The maximum Gasteiger partial charge on any atom is 0.257 e. The summed E-state index contributed by atoms with van der Waals surface area (Å²) in [4.78, 5) is 29.4. The van der Waals surface area contributed by atoms with E-state index < -0.39 is 0 Å². The molecule has 5 heteroatoms. The zero-order valence-electron chi connectivity index (χ0n) is 14.8. The highest BCUT2D eigenvalue weighted by atomic mass is 32.1. The molecule has 4 aromatic rings. The van der Waals surface area contributed by atoms with E-state index >= 15 is 0 Å². The van der Waals surface area contributed by atoms with Gasteiger partial charge in [0.05, 0.1) is 5.69 Å². The Bertz CT molecular complexity index is 1100. The van der Waals surface area contributed by atoms with Gasteiger partial charge >= 0.3 is 0 Å². The van der Waals surface area contributed by atoms with Crippen LogP contribution >= 0.6 is 11.3 Å². The largest absolute Gasteiger partial charge is 0.298 e. The molecular weight excluding hydrogens is 368 g/mol. The first-order chi connectivity index (χ1) is 13.7. The number of hydrogen-bond donors (Lipinski definition) is 1. The minimum Gasteiger partial charge on any atom is -0.298 e. The predicted octanol–water partition coefficient (Wildman–Crippen LogP) is 5.29. The van der Waals surface area contributed by atoms with Crippen molar-refractivity contribution >= 4 is 28.2 Å². The molecule has 0 fully saturated rings. The number of aromatic nitrogens is 1. The van der Waals surface area contributed by atoms with Crippen molar-refractivity contribution in [2.45, 2.75) is 0 Å². The number of rotatable bonds is 5. The van der Waals surface area contributed by atoms with Gasteiger partial charge in [-0.05, 0) is 12.1 Å². The number of nitrogens with zero attached hydrogens (tertiary/aromatic N) is 1. The summed E-state index contributed by atoms with van der Waals surface area (Å²) in [5, 5.41) is 5.26.